The van der Waals surface area contributed by atoms with E-state index in [0.717, 1.165) is 11.1 Å². The molecule has 0 aliphatic heterocycles. The van der Waals surface area contributed by atoms with Crippen molar-refractivity contribution >= 4 is 37.8 Å². The van der Waals surface area contributed by atoms with Crippen molar-refractivity contribution in [3.63, 3.8) is 0 Å². The number of rotatable bonds is 8. The molecule has 7 nitrogen and oxygen atoms in total. The summed E-state index contributed by atoms with van der Waals surface area (Å²) in [5.41, 5.74) is 2.06. The molecule has 0 radical (unpaired) electrons. The van der Waals surface area contributed by atoms with E-state index in [2.05, 4.69) is 26.0 Å². The van der Waals surface area contributed by atoms with Crippen molar-refractivity contribution in [2.24, 2.45) is 0 Å². The Morgan fingerprint density at radius 1 is 1.10 bits per heavy atom. The van der Waals surface area contributed by atoms with Crippen LogP contribution in [0.4, 0.5) is 0 Å². The van der Waals surface area contributed by atoms with Crippen LogP contribution in [-0.2, 0) is 26.1 Å². The molecule has 0 aliphatic rings. The lowest BCUT2D eigenvalue weighted by molar-refractivity contribution is -0.124. The molecule has 0 aromatic heterocycles. The molecule has 0 unspecified atom stereocenters. The lowest BCUT2D eigenvalue weighted by Gasteiger charge is -2.12. The quantitative estimate of drug-likeness (QED) is 0.563. The highest BCUT2D eigenvalue weighted by atomic mass is 79.9. The molecule has 0 bridgehead atoms. The Kier molecular flexibility index (Phi) is 7.95. The maximum atomic E-state index is 12.3. The zero-order valence-corrected chi connectivity index (χ0v) is 18.8. The highest BCUT2D eigenvalue weighted by molar-refractivity contribution is 9.10. The first-order chi connectivity index (χ1) is 13.6. The maximum absolute atomic E-state index is 12.3. The Morgan fingerprint density at radius 2 is 1.76 bits per heavy atom. The van der Waals surface area contributed by atoms with Gasteiger partial charge in [0, 0.05) is 17.1 Å². The average molecular weight is 483 g/mol. The first-order valence-electron chi connectivity index (χ1n) is 8.90. The summed E-state index contributed by atoms with van der Waals surface area (Å²) in [4.78, 5) is 24.2. The summed E-state index contributed by atoms with van der Waals surface area (Å²) >= 11 is 3.21. The van der Waals surface area contributed by atoms with E-state index in [0.29, 0.717) is 11.0 Å². The number of amides is 1. The smallest absolute Gasteiger partial charge is 0.339 e. The molecule has 156 valence electrons. The van der Waals surface area contributed by atoms with E-state index in [4.69, 9.17) is 4.74 Å². The second-order valence-electron chi connectivity index (χ2n) is 6.76. The molecule has 0 saturated carbocycles. The minimum Gasteiger partial charge on any atom is -0.452 e. The Balaban J connectivity index is 1.98. The van der Waals surface area contributed by atoms with Gasteiger partial charge in [0.2, 0.25) is 10.0 Å². The molecular weight excluding hydrogens is 460 g/mol. The maximum Gasteiger partial charge on any atom is 0.339 e. The Morgan fingerprint density at radius 3 is 2.38 bits per heavy atom. The predicted octanol–water partition coefficient (Wildman–Crippen LogP) is 2.92. The largest absolute Gasteiger partial charge is 0.452 e. The molecule has 0 aliphatic carbocycles. The summed E-state index contributed by atoms with van der Waals surface area (Å²) in [5.74, 6) is -1.26. The van der Waals surface area contributed by atoms with E-state index in [1.165, 1.54) is 18.2 Å². The molecule has 2 aromatic rings. The van der Waals surface area contributed by atoms with Gasteiger partial charge in [0.15, 0.2) is 6.61 Å². The fourth-order valence-electron chi connectivity index (χ4n) is 2.37. The molecule has 2 aromatic carbocycles. The monoisotopic (exact) mass is 482 g/mol. The van der Waals surface area contributed by atoms with Crippen molar-refractivity contribution in [1.29, 1.82) is 0 Å². The van der Waals surface area contributed by atoms with Gasteiger partial charge in [-0.1, -0.05) is 29.8 Å². The summed E-state index contributed by atoms with van der Waals surface area (Å²) in [7, 11) is -3.76. The number of hydrogen-bond acceptors (Lipinski definition) is 5. The number of nitrogens with one attached hydrogen (secondary N) is 2. The van der Waals surface area contributed by atoms with Crippen LogP contribution in [0.3, 0.4) is 0 Å². The second-order valence-corrected chi connectivity index (χ2v) is 9.32. The molecule has 0 fully saturated rings. The molecule has 2 rings (SSSR count). The molecule has 0 atom stereocenters. The van der Waals surface area contributed by atoms with Crippen molar-refractivity contribution in [3.8, 4) is 0 Å². The first kappa shape index (κ1) is 23.1. The number of sulfonamides is 1. The summed E-state index contributed by atoms with van der Waals surface area (Å²) < 4.78 is 32.4. The highest BCUT2D eigenvalue weighted by Crippen LogP contribution is 2.22. The number of esters is 1. The van der Waals surface area contributed by atoms with Crippen LogP contribution in [0.2, 0.25) is 0 Å². The zero-order chi connectivity index (χ0) is 21.6. The number of halogens is 1. The van der Waals surface area contributed by atoms with Crippen LogP contribution in [-0.4, -0.2) is 32.9 Å². The van der Waals surface area contributed by atoms with E-state index >= 15 is 0 Å². The standard InChI is InChI=1S/C20H23BrN2O5S/c1-13(2)23-29(26,27)16-8-9-18(21)17(10-16)20(25)28-12-19(24)22-11-15-6-4-14(3)5-7-15/h4-10,13,23H,11-12H2,1-3H3,(H,22,24). The van der Waals surface area contributed by atoms with Gasteiger partial charge in [-0.25, -0.2) is 17.9 Å². The third kappa shape index (κ3) is 6.95. The molecular formula is C20H23BrN2O5S. The molecule has 0 saturated heterocycles. The van der Waals surface area contributed by atoms with Crippen molar-refractivity contribution in [3.05, 3.63) is 63.6 Å². The summed E-state index contributed by atoms with van der Waals surface area (Å²) in [6.07, 6.45) is 0. The third-order valence-electron chi connectivity index (χ3n) is 3.80. The number of carbonyl (C=O) groups is 2. The Bertz CT molecular complexity index is 988. The van der Waals surface area contributed by atoms with Gasteiger partial charge in [-0.15, -0.1) is 0 Å². The summed E-state index contributed by atoms with van der Waals surface area (Å²) in [5, 5.41) is 2.66. The molecule has 29 heavy (non-hydrogen) atoms. The van der Waals surface area contributed by atoms with E-state index < -0.39 is 28.5 Å². The van der Waals surface area contributed by atoms with E-state index in [1.807, 2.05) is 31.2 Å². The van der Waals surface area contributed by atoms with Crippen LogP contribution < -0.4 is 10.0 Å². The Labute approximate surface area is 179 Å². The van der Waals surface area contributed by atoms with Crippen molar-refractivity contribution in [2.75, 3.05) is 6.61 Å². The van der Waals surface area contributed by atoms with Gasteiger partial charge in [-0.2, -0.15) is 0 Å². The third-order valence-corrected chi connectivity index (χ3v) is 6.15. The Hall–Kier alpha value is -2.23. The number of carbonyl (C=O) groups excluding carboxylic acids is 2. The lowest BCUT2D eigenvalue weighted by Crippen LogP contribution is -2.30. The van der Waals surface area contributed by atoms with E-state index in [-0.39, 0.29) is 16.5 Å². The molecule has 0 heterocycles. The van der Waals surface area contributed by atoms with E-state index in [9.17, 15) is 18.0 Å². The molecule has 0 spiro atoms. The van der Waals surface area contributed by atoms with Gasteiger partial charge >= 0.3 is 5.97 Å². The van der Waals surface area contributed by atoms with Crippen LogP contribution in [0, 0.1) is 6.92 Å². The van der Waals surface area contributed by atoms with Gasteiger partial charge < -0.3 is 10.1 Å². The first-order valence-corrected chi connectivity index (χ1v) is 11.2. The van der Waals surface area contributed by atoms with Crippen LogP contribution in [0.5, 0.6) is 0 Å². The SMILES string of the molecule is Cc1ccc(CNC(=O)COC(=O)c2cc(S(=O)(=O)NC(C)C)ccc2Br)cc1. The van der Waals surface area contributed by atoms with Gasteiger partial charge in [0.25, 0.3) is 5.91 Å². The van der Waals surface area contributed by atoms with Crippen molar-refractivity contribution < 1.29 is 22.7 Å². The van der Waals surface area contributed by atoms with Crippen LogP contribution >= 0.6 is 15.9 Å². The molecule has 2 N–H and O–H groups in total. The minimum atomic E-state index is -3.76. The number of aryl methyl sites for hydroxylation is 1. The highest BCUT2D eigenvalue weighted by Gasteiger charge is 2.20. The number of benzene rings is 2. The zero-order valence-electron chi connectivity index (χ0n) is 16.4. The number of hydrogen-bond donors (Lipinski definition) is 2. The van der Waals surface area contributed by atoms with Gasteiger partial charge in [-0.05, 0) is 60.5 Å². The van der Waals surface area contributed by atoms with Crippen LogP contribution in [0.25, 0.3) is 0 Å². The van der Waals surface area contributed by atoms with Gasteiger partial charge in [-0.3, -0.25) is 4.79 Å². The normalized spacial score (nSPS) is 11.3. The fourth-order valence-corrected chi connectivity index (χ4v) is 4.06. The topological polar surface area (TPSA) is 102 Å². The van der Waals surface area contributed by atoms with Crippen molar-refractivity contribution in [1.82, 2.24) is 10.0 Å². The summed E-state index contributed by atoms with van der Waals surface area (Å²) in [6, 6.07) is 11.4. The molecule has 1 amide bonds. The number of ether oxygens (including phenoxy) is 1. The second kappa shape index (κ2) is 10.00. The van der Waals surface area contributed by atoms with Crippen molar-refractivity contribution in [2.45, 2.75) is 38.3 Å². The van der Waals surface area contributed by atoms with Crippen LogP contribution in [0.1, 0.15) is 35.3 Å². The minimum absolute atomic E-state index is 0.0166. The molecule has 9 heteroatoms. The summed E-state index contributed by atoms with van der Waals surface area (Å²) in [6.45, 7) is 5.20. The average Bonchev–Trinajstić information content (AvgIpc) is 2.64. The van der Waals surface area contributed by atoms with Crippen LogP contribution in [0.15, 0.2) is 51.8 Å². The lowest BCUT2D eigenvalue weighted by atomic mass is 10.1. The predicted molar refractivity (Wildman–Crippen MR) is 113 cm³/mol. The van der Waals surface area contributed by atoms with Gasteiger partial charge in [0.05, 0.1) is 10.5 Å². The van der Waals surface area contributed by atoms with Gasteiger partial charge in [0.1, 0.15) is 0 Å². The van der Waals surface area contributed by atoms with E-state index in [1.54, 1.807) is 13.8 Å². The fraction of sp³-hybridized carbons (Fsp3) is 0.300.